The van der Waals surface area contributed by atoms with Crippen LogP contribution in [0.5, 0.6) is 0 Å². The van der Waals surface area contributed by atoms with E-state index in [1.165, 1.54) is 24.3 Å². The van der Waals surface area contributed by atoms with Crippen LogP contribution < -0.4 is 5.32 Å². The maximum absolute atomic E-state index is 11.4. The second kappa shape index (κ2) is 5.48. The summed E-state index contributed by atoms with van der Waals surface area (Å²) in [6, 6.07) is 2.68. The van der Waals surface area contributed by atoms with Crippen molar-refractivity contribution in [3.63, 3.8) is 0 Å². The number of hydrogen-bond donors (Lipinski definition) is 1. The molecule has 98 valence electrons. The van der Waals surface area contributed by atoms with Crippen molar-refractivity contribution in [2.24, 2.45) is 5.41 Å². The van der Waals surface area contributed by atoms with Crippen molar-refractivity contribution in [3.8, 4) is 0 Å². The van der Waals surface area contributed by atoms with Gasteiger partial charge in [-0.2, -0.15) is 0 Å². The van der Waals surface area contributed by atoms with Gasteiger partial charge in [0.25, 0.3) is 0 Å². The number of nitro groups is 1. The molecule has 0 atom stereocenters. The van der Waals surface area contributed by atoms with Crippen LogP contribution in [-0.4, -0.2) is 17.4 Å². The lowest BCUT2D eigenvalue weighted by molar-refractivity contribution is -0.402. The van der Waals surface area contributed by atoms with Crippen LogP contribution in [0.1, 0.15) is 26.5 Å². The van der Waals surface area contributed by atoms with Gasteiger partial charge in [0, 0.05) is 12.6 Å². The van der Waals surface area contributed by atoms with E-state index >= 15 is 0 Å². The van der Waals surface area contributed by atoms with Gasteiger partial charge >= 0.3 is 5.88 Å². The summed E-state index contributed by atoms with van der Waals surface area (Å²) in [5, 5.41) is 13.1. The van der Waals surface area contributed by atoms with Crippen LogP contribution in [0.3, 0.4) is 0 Å². The molecule has 0 aliphatic rings. The molecule has 0 radical (unpaired) electrons. The first-order valence-electron chi connectivity index (χ1n) is 5.48. The topological polar surface area (TPSA) is 85.4 Å². The molecule has 1 heterocycles. The third-order valence-corrected chi connectivity index (χ3v) is 1.98. The molecule has 18 heavy (non-hydrogen) atoms. The van der Waals surface area contributed by atoms with Crippen LogP contribution in [0, 0.1) is 15.5 Å². The zero-order valence-electron chi connectivity index (χ0n) is 10.6. The van der Waals surface area contributed by atoms with Gasteiger partial charge in [0.1, 0.15) is 10.7 Å². The highest BCUT2D eigenvalue weighted by atomic mass is 16.6. The van der Waals surface area contributed by atoms with E-state index in [2.05, 4.69) is 5.32 Å². The fourth-order valence-corrected chi connectivity index (χ4v) is 1.10. The Bertz CT molecular complexity index is 469. The monoisotopic (exact) mass is 252 g/mol. The Morgan fingerprint density at radius 2 is 2.17 bits per heavy atom. The molecule has 1 aromatic rings. The van der Waals surface area contributed by atoms with Gasteiger partial charge in [0.15, 0.2) is 0 Å². The summed E-state index contributed by atoms with van der Waals surface area (Å²) in [5.74, 6) is -0.332. The third kappa shape index (κ3) is 4.82. The van der Waals surface area contributed by atoms with Crippen molar-refractivity contribution < 1.29 is 14.1 Å². The van der Waals surface area contributed by atoms with Crippen LogP contribution in [0.25, 0.3) is 6.08 Å². The van der Waals surface area contributed by atoms with Crippen molar-refractivity contribution >= 4 is 17.9 Å². The molecule has 0 bridgehead atoms. The van der Waals surface area contributed by atoms with Crippen molar-refractivity contribution in [1.29, 1.82) is 0 Å². The van der Waals surface area contributed by atoms with Gasteiger partial charge in [-0.3, -0.25) is 14.9 Å². The second-order valence-corrected chi connectivity index (χ2v) is 5.04. The summed E-state index contributed by atoms with van der Waals surface area (Å²) in [4.78, 5) is 21.2. The summed E-state index contributed by atoms with van der Waals surface area (Å²) < 4.78 is 4.88. The average Bonchev–Trinajstić information content (AvgIpc) is 2.71. The van der Waals surface area contributed by atoms with E-state index < -0.39 is 4.92 Å². The van der Waals surface area contributed by atoms with Crippen LogP contribution in [-0.2, 0) is 4.79 Å². The maximum Gasteiger partial charge on any atom is 0.433 e. The number of nitrogens with zero attached hydrogens (tertiary/aromatic N) is 1. The number of hydrogen-bond acceptors (Lipinski definition) is 4. The Labute approximate surface area is 105 Å². The van der Waals surface area contributed by atoms with Crippen LogP contribution in [0.15, 0.2) is 22.6 Å². The lowest BCUT2D eigenvalue weighted by Crippen LogP contribution is -2.30. The number of furan rings is 1. The molecule has 1 amide bonds. The average molecular weight is 252 g/mol. The first-order valence-corrected chi connectivity index (χ1v) is 5.48. The smallest absolute Gasteiger partial charge is 0.401 e. The Morgan fingerprint density at radius 3 is 2.67 bits per heavy atom. The Hall–Kier alpha value is -2.11. The molecule has 1 aromatic heterocycles. The first-order chi connectivity index (χ1) is 8.28. The minimum atomic E-state index is -0.628. The lowest BCUT2D eigenvalue weighted by atomic mass is 9.97. The quantitative estimate of drug-likeness (QED) is 0.506. The SMILES string of the molecule is CC(C)(C)CNC(=O)/C=C/c1ccc([N+](=O)[O-])o1. The molecule has 0 unspecified atom stereocenters. The van der Waals surface area contributed by atoms with E-state index in [0.29, 0.717) is 6.54 Å². The Morgan fingerprint density at radius 1 is 1.50 bits per heavy atom. The van der Waals surface area contributed by atoms with E-state index in [1.807, 2.05) is 20.8 Å². The van der Waals surface area contributed by atoms with Gasteiger partial charge in [-0.05, 0) is 17.6 Å². The minimum Gasteiger partial charge on any atom is -0.401 e. The number of carbonyl (C=O) groups excluding carboxylic acids is 1. The van der Waals surface area contributed by atoms with E-state index in [0.717, 1.165) is 0 Å². The van der Waals surface area contributed by atoms with E-state index in [9.17, 15) is 14.9 Å². The summed E-state index contributed by atoms with van der Waals surface area (Å²) in [6.45, 7) is 6.57. The molecular weight excluding hydrogens is 236 g/mol. The number of amides is 1. The fourth-order valence-electron chi connectivity index (χ4n) is 1.10. The van der Waals surface area contributed by atoms with Crippen molar-refractivity contribution in [3.05, 3.63) is 34.1 Å². The largest absolute Gasteiger partial charge is 0.433 e. The fraction of sp³-hybridized carbons (Fsp3) is 0.417. The molecule has 6 nitrogen and oxygen atoms in total. The standard InChI is InChI=1S/C12H16N2O4/c1-12(2,3)8-13-10(15)6-4-9-5-7-11(18-9)14(16)17/h4-7H,8H2,1-3H3,(H,13,15)/b6-4+. The molecule has 0 aromatic carbocycles. The zero-order valence-corrected chi connectivity index (χ0v) is 10.6. The number of nitrogens with one attached hydrogen (secondary N) is 1. The van der Waals surface area contributed by atoms with Gasteiger partial charge in [-0.1, -0.05) is 20.8 Å². The van der Waals surface area contributed by atoms with Crippen LogP contribution in [0.4, 0.5) is 5.88 Å². The summed E-state index contributed by atoms with van der Waals surface area (Å²) in [5.41, 5.74) is 0.00691. The highest BCUT2D eigenvalue weighted by molar-refractivity contribution is 5.91. The normalized spacial score (nSPS) is 11.7. The van der Waals surface area contributed by atoms with Gasteiger partial charge < -0.3 is 9.73 Å². The molecule has 0 saturated heterocycles. The van der Waals surface area contributed by atoms with Crippen LogP contribution in [0.2, 0.25) is 0 Å². The van der Waals surface area contributed by atoms with Crippen molar-refractivity contribution in [2.75, 3.05) is 6.54 Å². The molecule has 1 N–H and O–H groups in total. The number of carbonyl (C=O) groups is 1. The van der Waals surface area contributed by atoms with Crippen molar-refractivity contribution in [2.45, 2.75) is 20.8 Å². The van der Waals surface area contributed by atoms with Gasteiger partial charge in [-0.25, -0.2) is 0 Å². The van der Waals surface area contributed by atoms with E-state index in [-0.39, 0.29) is 23.0 Å². The highest BCUT2D eigenvalue weighted by Crippen LogP contribution is 2.16. The highest BCUT2D eigenvalue weighted by Gasteiger charge is 2.11. The summed E-state index contributed by atoms with van der Waals surface area (Å²) in [7, 11) is 0. The van der Waals surface area contributed by atoms with E-state index in [1.54, 1.807) is 0 Å². The van der Waals surface area contributed by atoms with Crippen LogP contribution >= 0.6 is 0 Å². The molecule has 1 rings (SSSR count). The molecule has 0 fully saturated rings. The van der Waals surface area contributed by atoms with Gasteiger partial charge in [0.05, 0.1) is 6.07 Å². The predicted molar refractivity (Wildman–Crippen MR) is 66.9 cm³/mol. The van der Waals surface area contributed by atoms with Gasteiger partial charge in [-0.15, -0.1) is 0 Å². The van der Waals surface area contributed by atoms with E-state index in [4.69, 9.17) is 4.42 Å². The first kappa shape index (κ1) is 14.0. The Kier molecular flexibility index (Phi) is 4.25. The lowest BCUT2D eigenvalue weighted by Gasteiger charge is -2.17. The third-order valence-electron chi connectivity index (χ3n) is 1.98. The molecule has 6 heteroatoms. The number of rotatable bonds is 4. The minimum absolute atomic E-state index is 0.00691. The van der Waals surface area contributed by atoms with Gasteiger partial charge in [0.2, 0.25) is 5.91 Å². The molecule has 0 aliphatic heterocycles. The Balaban J connectivity index is 2.53. The summed E-state index contributed by atoms with van der Waals surface area (Å²) >= 11 is 0. The predicted octanol–water partition coefficient (Wildman–Crippen LogP) is 2.36. The molecular formula is C12H16N2O4. The molecule has 0 aliphatic carbocycles. The molecule has 0 saturated carbocycles. The molecule has 0 spiro atoms. The maximum atomic E-state index is 11.4. The van der Waals surface area contributed by atoms with Crippen molar-refractivity contribution in [1.82, 2.24) is 5.32 Å². The zero-order chi connectivity index (χ0) is 13.8. The second-order valence-electron chi connectivity index (χ2n) is 5.04. The summed E-state index contributed by atoms with van der Waals surface area (Å²) in [6.07, 6.45) is 2.68.